The summed E-state index contributed by atoms with van der Waals surface area (Å²) in [5.41, 5.74) is 2.27. The van der Waals surface area contributed by atoms with Gasteiger partial charge in [0, 0.05) is 3.57 Å². The normalized spacial score (nSPS) is 12.8. The van der Waals surface area contributed by atoms with Crippen LogP contribution in [0.1, 0.15) is 16.7 Å². The van der Waals surface area contributed by atoms with Gasteiger partial charge in [0.15, 0.2) is 0 Å². The van der Waals surface area contributed by atoms with Gasteiger partial charge in [0.1, 0.15) is 12.4 Å². The topological polar surface area (TPSA) is 33.6 Å². The van der Waals surface area contributed by atoms with Gasteiger partial charge in [-0.05, 0) is 76.0 Å². The first-order valence-corrected chi connectivity index (χ1v) is 9.69. The van der Waals surface area contributed by atoms with Crippen LogP contribution in [-0.2, 0) is 13.0 Å². The Labute approximate surface area is 187 Å². The van der Waals surface area contributed by atoms with E-state index in [1.807, 2.05) is 24.3 Å². The molecular formula is C20H16F7IN2O. The smallest absolute Gasteiger partial charge is 0.462 e. The second kappa shape index (κ2) is 9.88. The van der Waals surface area contributed by atoms with Crippen molar-refractivity contribution in [2.45, 2.75) is 31.2 Å². The van der Waals surface area contributed by atoms with Crippen LogP contribution < -0.4 is 10.2 Å². The lowest BCUT2D eigenvalue weighted by Gasteiger charge is -2.27. The maximum Gasteiger partial charge on any atom is 0.462 e. The third kappa shape index (κ3) is 6.34. The molecule has 11 heteroatoms. The molecule has 0 aliphatic carbocycles. The van der Waals surface area contributed by atoms with Crippen LogP contribution in [-0.4, -0.2) is 24.4 Å². The molecule has 0 bridgehead atoms. The average molecular weight is 560 g/mol. The molecule has 31 heavy (non-hydrogen) atoms. The fourth-order valence-electron chi connectivity index (χ4n) is 2.31. The van der Waals surface area contributed by atoms with Crippen molar-refractivity contribution in [1.29, 1.82) is 0 Å². The van der Waals surface area contributed by atoms with E-state index in [0.717, 1.165) is 9.13 Å². The second-order valence-electron chi connectivity index (χ2n) is 6.29. The van der Waals surface area contributed by atoms with Gasteiger partial charge in [-0.2, -0.15) is 35.8 Å². The Balaban J connectivity index is 2.12. The Bertz CT molecular complexity index is 928. The molecular weight excluding hydrogens is 544 g/mol. The maximum absolute atomic E-state index is 13.2. The highest BCUT2D eigenvalue weighted by Gasteiger charge is 2.73. The minimum atomic E-state index is -6.44. The molecule has 0 saturated carbocycles. The third-order valence-electron chi connectivity index (χ3n) is 3.93. The zero-order valence-corrected chi connectivity index (χ0v) is 17.9. The van der Waals surface area contributed by atoms with Crippen molar-refractivity contribution in [2.75, 3.05) is 0 Å². The number of rotatable bonds is 9. The number of allylic oxidation sites excluding steroid dienone is 1. The standard InChI is InChI=1S/C20H16F7IN2O/c1-2-3-15-10-14(11-29-30-20(26,27)18(21,22)19(23,24)25)6-9-17(15)31-12-13-4-7-16(28)8-5-13/h2,4-11,30H,1,3,12H2/b29-11+. The molecule has 0 atom stereocenters. The van der Waals surface area contributed by atoms with Gasteiger partial charge in [0.2, 0.25) is 0 Å². The lowest BCUT2D eigenvalue weighted by Crippen LogP contribution is -2.58. The fraction of sp³-hybridized carbons (Fsp3) is 0.250. The van der Waals surface area contributed by atoms with Crippen molar-refractivity contribution in [1.82, 2.24) is 5.43 Å². The molecule has 0 aliphatic rings. The van der Waals surface area contributed by atoms with Crippen LogP contribution in [0.15, 0.2) is 60.2 Å². The molecule has 0 radical (unpaired) electrons. The predicted octanol–water partition coefficient (Wildman–Crippen LogP) is 6.31. The Kier molecular flexibility index (Phi) is 7.95. The van der Waals surface area contributed by atoms with Crippen molar-refractivity contribution < 1.29 is 35.5 Å². The van der Waals surface area contributed by atoms with E-state index in [9.17, 15) is 30.7 Å². The van der Waals surface area contributed by atoms with Gasteiger partial charge >= 0.3 is 18.1 Å². The Hall–Kier alpha value is -2.31. The number of nitrogens with zero attached hydrogens (tertiary/aromatic N) is 1. The first-order valence-electron chi connectivity index (χ1n) is 8.61. The number of hydrogen-bond donors (Lipinski definition) is 1. The van der Waals surface area contributed by atoms with Crippen molar-refractivity contribution >= 4 is 28.8 Å². The second-order valence-corrected chi connectivity index (χ2v) is 7.54. The van der Waals surface area contributed by atoms with Gasteiger partial charge in [-0.15, -0.1) is 6.58 Å². The SMILES string of the molecule is C=CCc1cc(/C=N/NC(F)(F)C(F)(F)C(F)(F)F)ccc1OCc1ccc(I)cc1. The van der Waals surface area contributed by atoms with Crippen LogP contribution >= 0.6 is 22.6 Å². The highest BCUT2D eigenvalue weighted by molar-refractivity contribution is 14.1. The van der Waals surface area contributed by atoms with E-state index >= 15 is 0 Å². The van der Waals surface area contributed by atoms with Crippen LogP contribution in [0.3, 0.4) is 0 Å². The number of benzene rings is 2. The van der Waals surface area contributed by atoms with Gasteiger partial charge in [0.05, 0.1) is 6.21 Å². The molecule has 0 fully saturated rings. The number of alkyl halides is 7. The lowest BCUT2D eigenvalue weighted by molar-refractivity contribution is -0.361. The molecule has 3 nitrogen and oxygen atoms in total. The van der Waals surface area contributed by atoms with Crippen molar-refractivity contribution in [2.24, 2.45) is 5.10 Å². The molecule has 0 aliphatic heterocycles. The zero-order valence-electron chi connectivity index (χ0n) is 15.7. The summed E-state index contributed by atoms with van der Waals surface area (Å²) >= 11 is 2.17. The van der Waals surface area contributed by atoms with Gasteiger partial charge < -0.3 is 4.74 Å². The van der Waals surface area contributed by atoms with Crippen molar-refractivity contribution in [3.63, 3.8) is 0 Å². The number of halogens is 8. The molecule has 0 spiro atoms. The fourth-order valence-corrected chi connectivity index (χ4v) is 2.67. The quantitative estimate of drug-likeness (QED) is 0.0975. The largest absolute Gasteiger partial charge is 0.489 e. The van der Waals surface area contributed by atoms with E-state index in [0.29, 0.717) is 29.4 Å². The number of nitrogens with one attached hydrogen (secondary N) is 1. The molecule has 0 saturated heterocycles. The maximum atomic E-state index is 13.2. The summed E-state index contributed by atoms with van der Waals surface area (Å²) in [4.78, 5) is 0. The zero-order chi connectivity index (χ0) is 23.3. The monoisotopic (exact) mass is 560 g/mol. The number of hydrazone groups is 1. The molecule has 0 amide bonds. The van der Waals surface area contributed by atoms with Gasteiger partial charge in [-0.1, -0.05) is 18.2 Å². The molecule has 168 valence electrons. The van der Waals surface area contributed by atoms with E-state index in [1.54, 1.807) is 6.08 Å². The molecule has 2 rings (SSSR count). The summed E-state index contributed by atoms with van der Waals surface area (Å²) in [6.07, 6.45) is -3.84. The van der Waals surface area contributed by atoms with Crippen LogP contribution in [0.5, 0.6) is 5.75 Å². The van der Waals surface area contributed by atoms with Crippen LogP contribution in [0.2, 0.25) is 0 Å². The van der Waals surface area contributed by atoms with E-state index in [-0.39, 0.29) is 12.2 Å². The summed E-state index contributed by atoms with van der Waals surface area (Å²) in [5, 5.41) is 2.85. The van der Waals surface area contributed by atoms with E-state index in [1.165, 1.54) is 18.2 Å². The highest BCUT2D eigenvalue weighted by Crippen LogP contribution is 2.45. The summed E-state index contributed by atoms with van der Waals surface area (Å²) in [6.45, 7) is 3.87. The lowest BCUT2D eigenvalue weighted by atomic mass is 10.1. The molecule has 0 heterocycles. The molecule has 0 aromatic heterocycles. The number of ether oxygens (including phenoxy) is 1. The highest BCUT2D eigenvalue weighted by atomic mass is 127. The van der Waals surface area contributed by atoms with Crippen LogP contribution in [0.4, 0.5) is 30.7 Å². The summed E-state index contributed by atoms with van der Waals surface area (Å²) in [6, 6.07) is 6.34. The molecule has 2 aromatic carbocycles. The molecule has 2 aromatic rings. The molecule has 0 unspecified atom stereocenters. The average Bonchev–Trinajstić information content (AvgIpc) is 2.68. The minimum Gasteiger partial charge on any atom is -0.489 e. The summed E-state index contributed by atoms with van der Waals surface area (Å²) < 4.78 is 95.4. The van der Waals surface area contributed by atoms with E-state index in [4.69, 9.17) is 4.74 Å². The number of hydrogen-bond acceptors (Lipinski definition) is 3. The summed E-state index contributed by atoms with van der Waals surface area (Å²) in [7, 11) is 0. The predicted molar refractivity (Wildman–Crippen MR) is 111 cm³/mol. The Morgan fingerprint density at radius 1 is 1.00 bits per heavy atom. The Morgan fingerprint density at radius 3 is 2.23 bits per heavy atom. The molecule has 1 N–H and O–H groups in total. The van der Waals surface area contributed by atoms with Crippen molar-refractivity contribution in [3.05, 3.63) is 75.4 Å². The van der Waals surface area contributed by atoms with E-state index in [2.05, 4.69) is 34.3 Å². The first kappa shape index (κ1) is 25.0. The van der Waals surface area contributed by atoms with Gasteiger partial charge in [-0.3, -0.25) is 0 Å². The Morgan fingerprint density at radius 2 is 1.65 bits per heavy atom. The summed E-state index contributed by atoms with van der Waals surface area (Å²) in [5.74, 6) is -5.82. The van der Waals surface area contributed by atoms with Crippen LogP contribution in [0.25, 0.3) is 0 Å². The minimum absolute atomic E-state index is 0.178. The van der Waals surface area contributed by atoms with Gasteiger partial charge in [0.25, 0.3) is 0 Å². The van der Waals surface area contributed by atoms with Crippen molar-refractivity contribution in [3.8, 4) is 5.75 Å². The van der Waals surface area contributed by atoms with E-state index < -0.39 is 18.1 Å². The third-order valence-corrected chi connectivity index (χ3v) is 4.64. The van der Waals surface area contributed by atoms with Gasteiger partial charge in [-0.25, -0.2) is 5.43 Å². The first-order chi connectivity index (χ1) is 14.4. The van der Waals surface area contributed by atoms with Crippen LogP contribution in [0, 0.1) is 3.57 Å².